The number of nitrogens with two attached hydrogens (primary N) is 1. The van der Waals surface area contributed by atoms with Crippen LogP contribution in [0.15, 0.2) is 23.1 Å². The fourth-order valence-electron chi connectivity index (χ4n) is 2.03. The van der Waals surface area contributed by atoms with Gasteiger partial charge in [0.05, 0.1) is 18.0 Å². The monoisotopic (exact) mass is 267 g/mol. The summed E-state index contributed by atoms with van der Waals surface area (Å²) in [6.45, 7) is -0.0936. The maximum atomic E-state index is 11.4. The van der Waals surface area contributed by atoms with E-state index in [1.165, 1.54) is 11.8 Å². The van der Waals surface area contributed by atoms with Crippen molar-refractivity contribution in [3.8, 4) is 0 Å². The van der Waals surface area contributed by atoms with Crippen molar-refractivity contribution in [2.24, 2.45) is 5.73 Å². The number of benzene rings is 1. The maximum absolute atomic E-state index is 11.4. The van der Waals surface area contributed by atoms with Gasteiger partial charge in [-0.2, -0.15) is 0 Å². The summed E-state index contributed by atoms with van der Waals surface area (Å²) in [7, 11) is 1.80. The van der Waals surface area contributed by atoms with E-state index < -0.39 is 0 Å². The third-order valence-electron chi connectivity index (χ3n) is 2.95. The highest BCUT2D eigenvalue weighted by Gasteiger charge is 2.21. The van der Waals surface area contributed by atoms with Crippen LogP contribution in [0.5, 0.6) is 0 Å². The molecule has 0 fully saturated rings. The Morgan fingerprint density at radius 2 is 2.39 bits per heavy atom. The summed E-state index contributed by atoms with van der Waals surface area (Å²) < 4.78 is 0. The molecule has 1 heterocycles. The predicted octanol–water partition coefficient (Wildman–Crippen LogP) is 0.311. The molecule has 0 aliphatic carbocycles. The Balaban J connectivity index is 2.29. The minimum Gasteiger partial charge on any atom is -0.395 e. The zero-order chi connectivity index (χ0) is 13.1. The molecule has 1 aromatic carbocycles. The lowest BCUT2D eigenvalue weighted by atomic mass is 10.00. The van der Waals surface area contributed by atoms with E-state index in [0.717, 1.165) is 16.1 Å². The normalized spacial score (nSPS) is 17.8. The number of rotatable bonds is 4. The summed E-state index contributed by atoms with van der Waals surface area (Å²) in [6.07, 6.45) is 0. The molecule has 18 heavy (non-hydrogen) atoms. The van der Waals surface area contributed by atoms with E-state index >= 15 is 0 Å². The highest BCUT2D eigenvalue weighted by molar-refractivity contribution is 8.00. The molecular weight excluding hydrogens is 250 g/mol. The van der Waals surface area contributed by atoms with E-state index in [4.69, 9.17) is 10.8 Å². The van der Waals surface area contributed by atoms with Crippen molar-refractivity contribution in [1.29, 1.82) is 0 Å². The van der Waals surface area contributed by atoms with Gasteiger partial charge in [0.15, 0.2) is 0 Å². The minimum atomic E-state index is -0.375. The number of amides is 1. The molecule has 2 atom stereocenters. The molecule has 0 aromatic heterocycles. The average Bonchev–Trinajstić information content (AvgIpc) is 2.38. The molecule has 98 valence electrons. The van der Waals surface area contributed by atoms with Crippen molar-refractivity contribution < 1.29 is 9.90 Å². The molecule has 0 radical (unpaired) electrons. The van der Waals surface area contributed by atoms with Crippen molar-refractivity contribution in [3.05, 3.63) is 23.8 Å². The number of carbonyl (C=O) groups excluding carboxylic acids is 1. The second-order valence-corrected chi connectivity index (χ2v) is 5.22. The second kappa shape index (κ2) is 5.71. The molecule has 0 saturated heterocycles. The first-order chi connectivity index (χ1) is 8.65. The number of aliphatic hydroxyl groups is 1. The Kier molecular flexibility index (Phi) is 4.23. The van der Waals surface area contributed by atoms with Gasteiger partial charge in [0.25, 0.3) is 0 Å². The molecule has 6 heteroatoms. The van der Waals surface area contributed by atoms with E-state index in [0.29, 0.717) is 5.75 Å². The van der Waals surface area contributed by atoms with Gasteiger partial charge in [0.2, 0.25) is 5.91 Å². The van der Waals surface area contributed by atoms with Crippen LogP contribution in [-0.4, -0.2) is 36.5 Å². The average molecular weight is 267 g/mol. The third kappa shape index (κ3) is 2.67. The van der Waals surface area contributed by atoms with E-state index in [1.807, 2.05) is 18.2 Å². The largest absolute Gasteiger partial charge is 0.395 e. The fourth-order valence-corrected chi connectivity index (χ4v) is 2.82. The number of thioether (sulfide) groups is 1. The van der Waals surface area contributed by atoms with Crippen molar-refractivity contribution in [2.75, 3.05) is 24.7 Å². The number of anilines is 1. The maximum Gasteiger partial charge on any atom is 0.234 e. The Morgan fingerprint density at radius 3 is 3.06 bits per heavy atom. The van der Waals surface area contributed by atoms with E-state index in [-0.39, 0.29) is 24.6 Å². The van der Waals surface area contributed by atoms with Crippen LogP contribution in [-0.2, 0) is 4.79 Å². The van der Waals surface area contributed by atoms with Crippen LogP contribution < -0.4 is 16.4 Å². The Labute approximate surface area is 110 Å². The molecule has 0 spiro atoms. The lowest BCUT2D eigenvalue weighted by molar-refractivity contribution is -0.113. The molecular formula is C12H17N3O2S. The second-order valence-electron chi connectivity index (χ2n) is 4.21. The Hall–Kier alpha value is -1.08. The first kappa shape index (κ1) is 13.4. The summed E-state index contributed by atoms with van der Waals surface area (Å²) in [5, 5.41) is 15.1. The van der Waals surface area contributed by atoms with Gasteiger partial charge >= 0.3 is 0 Å². The van der Waals surface area contributed by atoms with Crippen LogP contribution in [0.2, 0.25) is 0 Å². The van der Waals surface area contributed by atoms with Gasteiger partial charge < -0.3 is 21.5 Å². The zero-order valence-corrected chi connectivity index (χ0v) is 11.0. The van der Waals surface area contributed by atoms with Crippen molar-refractivity contribution in [3.63, 3.8) is 0 Å². The molecule has 0 bridgehead atoms. The number of hydrogen-bond acceptors (Lipinski definition) is 5. The molecule has 5 nitrogen and oxygen atoms in total. The minimum absolute atomic E-state index is 0.0112. The van der Waals surface area contributed by atoms with Gasteiger partial charge in [0, 0.05) is 17.0 Å². The SMILES string of the molecule is CNC(c1ccc2c(c1)NC(=O)CS2)C(N)CO. The van der Waals surface area contributed by atoms with Crippen LogP contribution >= 0.6 is 11.8 Å². The lowest BCUT2D eigenvalue weighted by Gasteiger charge is -2.24. The number of likely N-dealkylation sites (N-methyl/N-ethyl adjacent to an activating group) is 1. The van der Waals surface area contributed by atoms with Gasteiger partial charge in [-0.05, 0) is 24.7 Å². The van der Waals surface area contributed by atoms with Crippen LogP contribution in [0.25, 0.3) is 0 Å². The van der Waals surface area contributed by atoms with E-state index in [1.54, 1.807) is 7.05 Å². The zero-order valence-electron chi connectivity index (χ0n) is 10.1. The van der Waals surface area contributed by atoms with Gasteiger partial charge in [0.1, 0.15) is 0 Å². The van der Waals surface area contributed by atoms with Crippen molar-refractivity contribution in [1.82, 2.24) is 5.32 Å². The quantitative estimate of drug-likeness (QED) is 0.631. The molecule has 5 N–H and O–H groups in total. The summed E-state index contributed by atoms with van der Waals surface area (Å²) in [6, 6.07) is 5.35. The Bertz CT molecular complexity index is 453. The summed E-state index contributed by atoms with van der Waals surface area (Å²) in [4.78, 5) is 12.4. The molecule has 0 saturated carbocycles. The molecule has 1 aromatic rings. The van der Waals surface area contributed by atoms with Crippen LogP contribution in [0.4, 0.5) is 5.69 Å². The van der Waals surface area contributed by atoms with Crippen LogP contribution in [0, 0.1) is 0 Å². The van der Waals surface area contributed by atoms with Gasteiger partial charge in [-0.15, -0.1) is 11.8 Å². The van der Waals surface area contributed by atoms with Gasteiger partial charge in [-0.1, -0.05) is 6.07 Å². The number of carbonyl (C=O) groups is 1. The molecule has 2 unspecified atom stereocenters. The highest BCUT2D eigenvalue weighted by atomic mass is 32.2. The number of nitrogens with one attached hydrogen (secondary N) is 2. The summed E-state index contributed by atoms with van der Waals surface area (Å²) >= 11 is 1.53. The van der Waals surface area contributed by atoms with Crippen LogP contribution in [0.3, 0.4) is 0 Å². The molecule has 1 aliphatic rings. The first-order valence-electron chi connectivity index (χ1n) is 5.76. The van der Waals surface area contributed by atoms with Crippen LogP contribution in [0.1, 0.15) is 11.6 Å². The Morgan fingerprint density at radius 1 is 1.61 bits per heavy atom. The van der Waals surface area contributed by atoms with Gasteiger partial charge in [-0.3, -0.25) is 4.79 Å². The molecule has 1 amide bonds. The highest BCUT2D eigenvalue weighted by Crippen LogP contribution is 2.33. The molecule has 1 aliphatic heterocycles. The smallest absolute Gasteiger partial charge is 0.234 e. The predicted molar refractivity (Wildman–Crippen MR) is 72.7 cm³/mol. The fraction of sp³-hybridized carbons (Fsp3) is 0.417. The van der Waals surface area contributed by atoms with E-state index in [9.17, 15) is 4.79 Å². The summed E-state index contributed by atoms with van der Waals surface area (Å²) in [5.74, 6) is 0.468. The number of fused-ring (bicyclic) bond motifs is 1. The number of hydrogen-bond donors (Lipinski definition) is 4. The topological polar surface area (TPSA) is 87.4 Å². The third-order valence-corrected chi connectivity index (χ3v) is 4.02. The molecule has 2 rings (SSSR count). The van der Waals surface area contributed by atoms with Crippen molar-refractivity contribution >= 4 is 23.4 Å². The summed E-state index contributed by atoms with van der Waals surface area (Å²) in [5.41, 5.74) is 7.64. The van der Waals surface area contributed by atoms with E-state index in [2.05, 4.69) is 10.6 Å². The number of aliphatic hydroxyl groups excluding tert-OH is 1. The van der Waals surface area contributed by atoms with Gasteiger partial charge in [-0.25, -0.2) is 0 Å². The first-order valence-corrected chi connectivity index (χ1v) is 6.74. The standard InChI is InChI=1S/C12H17N3O2S/c1-14-12(8(13)5-16)7-2-3-10-9(4-7)15-11(17)6-18-10/h2-4,8,12,14,16H,5-6,13H2,1H3,(H,15,17). The lowest BCUT2D eigenvalue weighted by Crippen LogP contribution is -2.39. The van der Waals surface area contributed by atoms with Crippen molar-refractivity contribution in [2.45, 2.75) is 17.0 Å².